The molecule has 2 unspecified atom stereocenters. The second-order valence-electron chi connectivity index (χ2n) is 7.37. The molecule has 0 aromatic heterocycles. The van der Waals surface area contributed by atoms with Crippen LogP contribution in [-0.4, -0.2) is 35.2 Å². The van der Waals surface area contributed by atoms with Gasteiger partial charge in [0, 0.05) is 25.2 Å². The number of halogens is 2. The van der Waals surface area contributed by atoms with Gasteiger partial charge in [-0.2, -0.15) is 0 Å². The number of hydrogen-bond donors (Lipinski definition) is 1. The molecule has 1 saturated heterocycles. The summed E-state index contributed by atoms with van der Waals surface area (Å²) in [6.45, 7) is 9.05. The zero-order chi connectivity index (χ0) is 17.9. The molecule has 1 fully saturated rings. The van der Waals surface area contributed by atoms with Crippen molar-refractivity contribution >= 4 is 22.0 Å². The fourth-order valence-corrected chi connectivity index (χ4v) is 3.29. The van der Waals surface area contributed by atoms with Crippen LogP contribution in [0.5, 0.6) is 0 Å². The van der Waals surface area contributed by atoms with Crippen LogP contribution in [0.2, 0.25) is 0 Å². The molecular formula is C18H26BrFN2O2. The fourth-order valence-electron chi connectivity index (χ4n) is 2.86. The molecule has 4 nitrogen and oxygen atoms in total. The van der Waals surface area contributed by atoms with Gasteiger partial charge in [0.2, 0.25) is 0 Å². The van der Waals surface area contributed by atoms with E-state index in [0.717, 1.165) is 18.4 Å². The van der Waals surface area contributed by atoms with E-state index in [1.165, 1.54) is 6.07 Å². The summed E-state index contributed by atoms with van der Waals surface area (Å²) in [5.41, 5.74) is 0.563. The third-order valence-corrected chi connectivity index (χ3v) is 4.69. The Morgan fingerprint density at radius 2 is 2.17 bits per heavy atom. The van der Waals surface area contributed by atoms with Crippen molar-refractivity contribution in [3.8, 4) is 0 Å². The van der Waals surface area contributed by atoms with Gasteiger partial charge in [-0.15, -0.1) is 0 Å². The normalized spacial score (nSPS) is 21.7. The predicted octanol–water partition coefficient (Wildman–Crippen LogP) is 4.47. The summed E-state index contributed by atoms with van der Waals surface area (Å²) in [4.78, 5) is 14.0. The van der Waals surface area contributed by atoms with E-state index in [4.69, 9.17) is 4.74 Å². The van der Waals surface area contributed by atoms with Gasteiger partial charge >= 0.3 is 6.09 Å². The summed E-state index contributed by atoms with van der Waals surface area (Å²) in [5, 5.41) is 3.50. The second-order valence-corrected chi connectivity index (χ2v) is 8.23. The molecule has 0 saturated carbocycles. The minimum Gasteiger partial charge on any atom is -0.444 e. The molecule has 1 aromatic rings. The average Bonchev–Trinajstić information content (AvgIpc) is 2.46. The number of amides is 1. The number of nitrogens with one attached hydrogen (secondary N) is 1. The van der Waals surface area contributed by atoms with Gasteiger partial charge in [-0.05, 0) is 74.2 Å². The molecule has 1 amide bonds. The standard InChI is InChI=1S/C18H26BrFN2O2/c1-12-9-14(7-8-22(12)17(23)24-18(2,3)4)21-11-13-5-6-16(20)15(19)10-13/h5-6,10,12,14,21H,7-9,11H2,1-4H3. The minimum absolute atomic E-state index is 0.131. The lowest BCUT2D eigenvalue weighted by Crippen LogP contribution is -2.50. The first kappa shape index (κ1) is 19.2. The molecule has 24 heavy (non-hydrogen) atoms. The molecule has 0 spiro atoms. The summed E-state index contributed by atoms with van der Waals surface area (Å²) >= 11 is 3.21. The molecule has 1 aliphatic rings. The van der Waals surface area contributed by atoms with Gasteiger partial charge in [0.1, 0.15) is 11.4 Å². The Bertz CT molecular complexity index is 589. The number of rotatable bonds is 3. The van der Waals surface area contributed by atoms with Crippen LogP contribution < -0.4 is 5.32 Å². The van der Waals surface area contributed by atoms with Crippen LogP contribution in [-0.2, 0) is 11.3 Å². The van der Waals surface area contributed by atoms with E-state index in [1.807, 2.05) is 27.7 Å². The van der Waals surface area contributed by atoms with Crippen molar-refractivity contribution in [3.63, 3.8) is 0 Å². The van der Waals surface area contributed by atoms with E-state index in [1.54, 1.807) is 17.0 Å². The highest BCUT2D eigenvalue weighted by atomic mass is 79.9. The molecule has 0 radical (unpaired) electrons. The van der Waals surface area contributed by atoms with Crippen molar-refractivity contribution in [2.24, 2.45) is 0 Å². The van der Waals surface area contributed by atoms with Crippen LogP contribution in [0.25, 0.3) is 0 Å². The van der Waals surface area contributed by atoms with E-state index in [-0.39, 0.29) is 18.0 Å². The number of hydrogen-bond acceptors (Lipinski definition) is 3. The summed E-state index contributed by atoms with van der Waals surface area (Å²) in [7, 11) is 0. The molecule has 0 bridgehead atoms. The maximum atomic E-state index is 13.3. The van der Waals surface area contributed by atoms with Crippen LogP contribution in [0.4, 0.5) is 9.18 Å². The first-order valence-corrected chi connectivity index (χ1v) is 9.12. The number of likely N-dealkylation sites (tertiary alicyclic amines) is 1. The van der Waals surface area contributed by atoms with Crippen molar-refractivity contribution in [1.82, 2.24) is 10.2 Å². The first-order valence-electron chi connectivity index (χ1n) is 8.32. The monoisotopic (exact) mass is 400 g/mol. The lowest BCUT2D eigenvalue weighted by Gasteiger charge is -2.38. The van der Waals surface area contributed by atoms with Crippen molar-refractivity contribution in [1.29, 1.82) is 0 Å². The maximum Gasteiger partial charge on any atom is 0.410 e. The quantitative estimate of drug-likeness (QED) is 0.813. The molecule has 0 aliphatic carbocycles. The molecule has 2 atom stereocenters. The van der Waals surface area contributed by atoms with Crippen molar-refractivity contribution < 1.29 is 13.9 Å². The third-order valence-electron chi connectivity index (χ3n) is 4.08. The summed E-state index contributed by atoms with van der Waals surface area (Å²) in [6, 6.07) is 5.51. The van der Waals surface area contributed by atoms with Gasteiger partial charge < -0.3 is 15.0 Å². The second kappa shape index (κ2) is 7.83. The highest BCUT2D eigenvalue weighted by molar-refractivity contribution is 9.10. The fraction of sp³-hybridized carbons (Fsp3) is 0.611. The Balaban J connectivity index is 1.84. The number of benzene rings is 1. The molecule has 1 N–H and O–H groups in total. The van der Waals surface area contributed by atoms with Crippen molar-refractivity contribution in [3.05, 3.63) is 34.1 Å². The SMILES string of the molecule is CC1CC(NCc2ccc(F)c(Br)c2)CCN1C(=O)OC(C)(C)C. The van der Waals surface area contributed by atoms with Crippen LogP contribution in [0.3, 0.4) is 0 Å². The molecule has 1 aromatic carbocycles. The Kier molecular flexibility index (Phi) is 6.26. The Morgan fingerprint density at radius 3 is 2.75 bits per heavy atom. The Labute approximate surface area is 151 Å². The zero-order valence-corrected chi connectivity index (χ0v) is 16.3. The maximum absolute atomic E-state index is 13.3. The van der Waals surface area contributed by atoms with E-state index < -0.39 is 5.60 Å². The molecule has 134 valence electrons. The van der Waals surface area contributed by atoms with Gasteiger partial charge in [-0.1, -0.05) is 6.07 Å². The summed E-state index contributed by atoms with van der Waals surface area (Å²) in [5.74, 6) is -0.252. The first-order chi connectivity index (χ1) is 11.2. The lowest BCUT2D eigenvalue weighted by atomic mass is 9.98. The average molecular weight is 401 g/mol. The molecule has 1 aliphatic heterocycles. The largest absolute Gasteiger partial charge is 0.444 e. The van der Waals surface area contributed by atoms with Gasteiger partial charge in [0.25, 0.3) is 0 Å². The van der Waals surface area contributed by atoms with Crippen LogP contribution in [0.15, 0.2) is 22.7 Å². The van der Waals surface area contributed by atoms with Crippen LogP contribution in [0.1, 0.15) is 46.1 Å². The van der Waals surface area contributed by atoms with Gasteiger partial charge in [-0.3, -0.25) is 0 Å². The zero-order valence-electron chi connectivity index (χ0n) is 14.7. The van der Waals surface area contributed by atoms with Gasteiger partial charge in [0.05, 0.1) is 4.47 Å². The number of nitrogens with zero attached hydrogens (tertiary/aromatic N) is 1. The topological polar surface area (TPSA) is 41.6 Å². The molecular weight excluding hydrogens is 375 g/mol. The number of piperidine rings is 1. The minimum atomic E-state index is -0.470. The smallest absolute Gasteiger partial charge is 0.410 e. The predicted molar refractivity (Wildman–Crippen MR) is 96.4 cm³/mol. The van der Waals surface area contributed by atoms with Crippen molar-refractivity contribution in [2.45, 2.75) is 64.8 Å². The van der Waals surface area contributed by atoms with E-state index in [0.29, 0.717) is 23.6 Å². The van der Waals surface area contributed by atoms with E-state index in [2.05, 4.69) is 21.2 Å². The summed E-state index contributed by atoms with van der Waals surface area (Å²) in [6.07, 6.45) is 1.52. The van der Waals surface area contributed by atoms with Crippen LogP contribution in [0, 0.1) is 5.82 Å². The number of carbonyl (C=O) groups is 1. The molecule has 2 rings (SSSR count). The Hall–Kier alpha value is -1.14. The van der Waals surface area contributed by atoms with E-state index in [9.17, 15) is 9.18 Å². The Morgan fingerprint density at radius 1 is 1.46 bits per heavy atom. The third kappa shape index (κ3) is 5.45. The van der Waals surface area contributed by atoms with Gasteiger partial charge in [-0.25, -0.2) is 9.18 Å². The molecule has 6 heteroatoms. The molecule has 1 heterocycles. The lowest BCUT2D eigenvalue weighted by molar-refractivity contribution is 0.00932. The number of carbonyl (C=O) groups excluding carboxylic acids is 1. The van der Waals surface area contributed by atoms with E-state index >= 15 is 0 Å². The highest BCUT2D eigenvalue weighted by Crippen LogP contribution is 2.21. The van der Waals surface area contributed by atoms with Crippen LogP contribution >= 0.6 is 15.9 Å². The van der Waals surface area contributed by atoms with Crippen molar-refractivity contribution in [2.75, 3.05) is 6.54 Å². The number of ether oxygens (including phenoxy) is 1. The highest BCUT2D eigenvalue weighted by Gasteiger charge is 2.31. The van der Waals surface area contributed by atoms with Gasteiger partial charge in [0.15, 0.2) is 0 Å². The summed E-state index contributed by atoms with van der Waals surface area (Å²) < 4.78 is 19.2.